The second kappa shape index (κ2) is 3.93. The van der Waals surface area contributed by atoms with Gasteiger partial charge in [-0.3, -0.25) is 0 Å². The second-order valence-corrected chi connectivity index (χ2v) is 4.98. The molecule has 0 aliphatic heterocycles. The van der Waals surface area contributed by atoms with Gasteiger partial charge in [0.1, 0.15) is 11.0 Å². The maximum absolute atomic E-state index is 5.70. The molecule has 4 heteroatoms. The summed E-state index contributed by atoms with van der Waals surface area (Å²) in [5.74, 6) is 0.832. The summed E-state index contributed by atoms with van der Waals surface area (Å²) in [5.41, 5.74) is 5.40. The third-order valence-corrected chi connectivity index (χ3v) is 3.27. The van der Waals surface area contributed by atoms with E-state index >= 15 is 0 Å². The third kappa shape index (κ3) is 1.69. The zero-order chi connectivity index (χ0) is 13.7. The van der Waals surface area contributed by atoms with E-state index in [9.17, 15) is 0 Å². The molecule has 98 valence electrons. The van der Waals surface area contributed by atoms with Crippen molar-refractivity contribution in [2.75, 3.05) is 0 Å². The Morgan fingerprint density at radius 3 is 1.60 bits per heavy atom. The number of hydrogen-bond donors (Lipinski definition) is 0. The first kappa shape index (κ1) is 11.2. The Labute approximate surface area is 115 Å². The van der Waals surface area contributed by atoms with Gasteiger partial charge in [0, 0.05) is 0 Å². The molecule has 0 saturated carbocycles. The van der Waals surface area contributed by atoms with Gasteiger partial charge in [0.15, 0.2) is 11.2 Å². The minimum absolute atomic E-state index is 0.416. The van der Waals surface area contributed by atoms with Gasteiger partial charge in [-0.05, 0) is 49.2 Å². The quantitative estimate of drug-likeness (QED) is 0.515. The number of aromatic nitrogens is 2. The first-order valence-electron chi connectivity index (χ1n) is 6.44. The molecule has 0 fully saturated rings. The van der Waals surface area contributed by atoms with Gasteiger partial charge in [0.05, 0.1) is 0 Å². The van der Waals surface area contributed by atoms with Crippen molar-refractivity contribution in [2.45, 2.75) is 13.8 Å². The van der Waals surface area contributed by atoms with Crippen molar-refractivity contribution in [1.82, 2.24) is 9.97 Å². The van der Waals surface area contributed by atoms with Crippen LogP contribution in [0, 0.1) is 13.8 Å². The minimum Gasteiger partial charge on any atom is -0.432 e. The van der Waals surface area contributed by atoms with Crippen molar-refractivity contribution >= 4 is 22.2 Å². The number of aryl methyl sites for hydroxylation is 2. The zero-order valence-electron chi connectivity index (χ0n) is 11.2. The molecule has 0 unspecified atom stereocenters. The van der Waals surface area contributed by atoms with Gasteiger partial charge in [-0.25, -0.2) is 9.97 Å². The Balaban J connectivity index is 1.91. The fourth-order valence-electron chi connectivity index (χ4n) is 2.26. The van der Waals surface area contributed by atoms with Gasteiger partial charge in [-0.15, -0.1) is 0 Å². The van der Waals surface area contributed by atoms with Crippen molar-refractivity contribution in [2.24, 2.45) is 0 Å². The van der Waals surface area contributed by atoms with E-state index in [1.807, 2.05) is 50.2 Å². The first-order valence-corrected chi connectivity index (χ1v) is 6.44. The normalized spacial score (nSPS) is 11.5. The molecule has 2 aromatic carbocycles. The summed E-state index contributed by atoms with van der Waals surface area (Å²) in [6.45, 7) is 4.05. The Morgan fingerprint density at radius 1 is 0.700 bits per heavy atom. The smallest absolute Gasteiger partial charge is 0.284 e. The summed E-state index contributed by atoms with van der Waals surface area (Å²) in [7, 11) is 0. The van der Waals surface area contributed by atoms with Crippen LogP contribution in [-0.4, -0.2) is 9.97 Å². The Kier molecular flexibility index (Phi) is 2.21. The van der Waals surface area contributed by atoms with E-state index in [-0.39, 0.29) is 0 Å². The van der Waals surface area contributed by atoms with Crippen LogP contribution in [-0.2, 0) is 0 Å². The SMILES string of the molecule is Cc1ccc2oc(-c3nc4cc(C)ccc4o3)nc2c1. The Morgan fingerprint density at radius 2 is 1.15 bits per heavy atom. The highest BCUT2D eigenvalue weighted by molar-refractivity contribution is 5.78. The molecule has 0 bridgehead atoms. The number of hydrogen-bond acceptors (Lipinski definition) is 4. The van der Waals surface area contributed by atoms with E-state index in [0.29, 0.717) is 11.8 Å². The highest BCUT2D eigenvalue weighted by Crippen LogP contribution is 2.27. The lowest BCUT2D eigenvalue weighted by atomic mass is 10.2. The molecule has 2 aromatic heterocycles. The average Bonchev–Trinajstić information content (AvgIpc) is 3.00. The lowest BCUT2D eigenvalue weighted by Crippen LogP contribution is -1.76. The molecule has 0 saturated heterocycles. The van der Waals surface area contributed by atoms with E-state index in [4.69, 9.17) is 8.83 Å². The highest BCUT2D eigenvalue weighted by atomic mass is 16.4. The largest absolute Gasteiger partial charge is 0.432 e. The third-order valence-electron chi connectivity index (χ3n) is 3.27. The maximum atomic E-state index is 5.70. The van der Waals surface area contributed by atoms with Crippen LogP contribution in [0.5, 0.6) is 0 Å². The fraction of sp³-hybridized carbons (Fsp3) is 0.125. The van der Waals surface area contributed by atoms with Crippen molar-refractivity contribution in [1.29, 1.82) is 0 Å². The first-order chi connectivity index (χ1) is 9.69. The van der Waals surface area contributed by atoms with Gasteiger partial charge in [0.2, 0.25) is 0 Å². The molecule has 0 N–H and O–H groups in total. The molecule has 0 atom stereocenters. The number of fused-ring (bicyclic) bond motifs is 2. The predicted octanol–water partition coefficient (Wildman–Crippen LogP) is 4.25. The van der Waals surface area contributed by atoms with E-state index in [1.54, 1.807) is 0 Å². The average molecular weight is 264 g/mol. The van der Waals surface area contributed by atoms with Crippen molar-refractivity contribution in [3.63, 3.8) is 0 Å². The molecular weight excluding hydrogens is 252 g/mol. The summed E-state index contributed by atoms with van der Waals surface area (Å²) in [6.07, 6.45) is 0. The van der Waals surface area contributed by atoms with Crippen LogP contribution in [0.2, 0.25) is 0 Å². The summed E-state index contributed by atoms with van der Waals surface area (Å²) >= 11 is 0. The molecule has 0 aliphatic rings. The van der Waals surface area contributed by atoms with Crippen molar-refractivity contribution in [3.8, 4) is 11.8 Å². The zero-order valence-corrected chi connectivity index (χ0v) is 11.2. The van der Waals surface area contributed by atoms with Gasteiger partial charge in [-0.1, -0.05) is 12.1 Å². The summed E-state index contributed by atoms with van der Waals surface area (Å²) < 4.78 is 11.4. The standard InChI is InChI=1S/C16H12N2O2/c1-9-3-5-13-11(7-9)17-15(19-13)16-18-12-8-10(2)4-6-14(12)20-16/h3-8H,1-2H3. The van der Waals surface area contributed by atoms with Crippen LogP contribution in [0.1, 0.15) is 11.1 Å². The molecule has 0 amide bonds. The van der Waals surface area contributed by atoms with Crippen LogP contribution in [0.15, 0.2) is 45.2 Å². The molecule has 0 aliphatic carbocycles. The number of rotatable bonds is 1. The van der Waals surface area contributed by atoms with Crippen LogP contribution < -0.4 is 0 Å². The Hall–Kier alpha value is -2.62. The summed E-state index contributed by atoms with van der Waals surface area (Å²) in [4.78, 5) is 8.88. The monoisotopic (exact) mass is 264 g/mol. The summed E-state index contributed by atoms with van der Waals surface area (Å²) in [5, 5.41) is 0. The number of nitrogens with zero attached hydrogens (tertiary/aromatic N) is 2. The van der Waals surface area contributed by atoms with Gasteiger partial charge in [0.25, 0.3) is 11.8 Å². The molecule has 20 heavy (non-hydrogen) atoms. The lowest BCUT2D eigenvalue weighted by Gasteiger charge is -1.87. The fourth-order valence-corrected chi connectivity index (χ4v) is 2.26. The summed E-state index contributed by atoms with van der Waals surface area (Å²) in [6, 6.07) is 11.8. The molecule has 2 heterocycles. The van der Waals surface area contributed by atoms with Gasteiger partial charge < -0.3 is 8.83 Å². The molecule has 0 spiro atoms. The molecule has 4 nitrogen and oxygen atoms in total. The van der Waals surface area contributed by atoms with Gasteiger partial charge in [-0.2, -0.15) is 0 Å². The van der Waals surface area contributed by atoms with E-state index in [2.05, 4.69) is 9.97 Å². The molecule has 4 rings (SSSR count). The topological polar surface area (TPSA) is 52.1 Å². The van der Waals surface area contributed by atoms with Crippen LogP contribution in [0.3, 0.4) is 0 Å². The van der Waals surface area contributed by atoms with Crippen molar-refractivity contribution in [3.05, 3.63) is 47.5 Å². The lowest BCUT2D eigenvalue weighted by molar-refractivity contribution is 0.550. The predicted molar refractivity (Wildman–Crippen MR) is 76.5 cm³/mol. The molecule has 4 aromatic rings. The van der Waals surface area contributed by atoms with Crippen molar-refractivity contribution < 1.29 is 8.83 Å². The molecule has 0 radical (unpaired) electrons. The maximum Gasteiger partial charge on any atom is 0.284 e. The number of benzene rings is 2. The van der Waals surface area contributed by atoms with E-state index in [0.717, 1.165) is 33.3 Å². The van der Waals surface area contributed by atoms with E-state index in [1.165, 1.54) is 0 Å². The van der Waals surface area contributed by atoms with E-state index < -0.39 is 0 Å². The number of oxazole rings is 2. The van der Waals surface area contributed by atoms with Crippen LogP contribution >= 0.6 is 0 Å². The van der Waals surface area contributed by atoms with Crippen LogP contribution in [0.25, 0.3) is 34.0 Å². The highest BCUT2D eigenvalue weighted by Gasteiger charge is 2.15. The van der Waals surface area contributed by atoms with Crippen LogP contribution in [0.4, 0.5) is 0 Å². The Bertz CT molecular complexity index is 856. The van der Waals surface area contributed by atoms with Gasteiger partial charge >= 0.3 is 0 Å². The molecular formula is C16H12N2O2. The minimum atomic E-state index is 0.416. The second-order valence-electron chi connectivity index (χ2n) is 4.98.